The van der Waals surface area contributed by atoms with E-state index in [1.165, 1.54) is 18.2 Å². The molecule has 3 aromatic carbocycles. The smallest absolute Gasteiger partial charge is 0.339 e. The number of aromatic hydroxyl groups is 1. The fourth-order valence-corrected chi connectivity index (χ4v) is 3.66. The quantitative estimate of drug-likeness (QED) is 0.380. The van der Waals surface area contributed by atoms with Gasteiger partial charge in [-0.25, -0.2) is 9.59 Å². The first-order chi connectivity index (χ1) is 14.7. The average Bonchev–Trinajstić information content (AvgIpc) is 2.73. The second-order valence-electron chi connectivity index (χ2n) is 7.14. The summed E-state index contributed by atoms with van der Waals surface area (Å²) in [6, 6.07) is 16.2. The van der Waals surface area contributed by atoms with Gasteiger partial charge in [0, 0.05) is 35.5 Å². The third kappa shape index (κ3) is 4.97. The van der Waals surface area contributed by atoms with Crippen LogP contribution in [0.3, 0.4) is 0 Å². The lowest BCUT2D eigenvalue weighted by Crippen LogP contribution is -2.15. The van der Waals surface area contributed by atoms with Crippen molar-refractivity contribution in [3.05, 3.63) is 87.4 Å². The topological polar surface area (TPSA) is 110 Å². The van der Waals surface area contributed by atoms with Gasteiger partial charge in [-0.3, -0.25) is 0 Å². The van der Waals surface area contributed by atoms with E-state index >= 15 is 0 Å². The molecule has 4 N–H and O–H groups in total. The average molecular weight is 485 g/mol. The molecule has 0 aliphatic rings. The van der Waals surface area contributed by atoms with Gasteiger partial charge in [0.15, 0.2) is 0 Å². The first kappa shape index (κ1) is 22.2. The first-order valence-corrected chi connectivity index (χ1v) is 10.1. The van der Waals surface area contributed by atoms with Crippen molar-refractivity contribution in [3.63, 3.8) is 0 Å². The van der Waals surface area contributed by atoms with Crippen LogP contribution in [0.5, 0.6) is 5.75 Å². The second kappa shape index (κ2) is 9.09. The van der Waals surface area contributed by atoms with Gasteiger partial charge in [0.05, 0.1) is 11.6 Å². The van der Waals surface area contributed by atoms with Crippen LogP contribution in [0.4, 0.5) is 11.4 Å². The van der Waals surface area contributed by atoms with Crippen molar-refractivity contribution in [2.45, 2.75) is 6.04 Å². The minimum absolute atomic E-state index is 0.149. The molecule has 8 heteroatoms. The molecule has 1 atom stereocenters. The molecule has 0 radical (unpaired) electrons. The number of carboxylic acid groups (broad SMARTS) is 2. The Labute approximate surface area is 187 Å². The number of phenols is 1. The molecule has 0 aromatic heterocycles. The van der Waals surface area contributed by atoms with Gasteiger partial charge in [-0.05, 0) is 54.1 Å². The summed E-state index contributed by atoms with van der Waals surface area (Å²) in [4.78, 5) is 24.7. The maximum Gasteiger partial charge on any atom is 0.339 e. The third-order valence-corrected chi connectivity index (χ3v) is 5.29. The van der Waals surface area contributed by atoms with E-state index < -0.39 is 18.0 Å². The van der Waals surface area contributed by atoms with Gasteiger partial charge in [-0.1, -0.05) is 28.1 Å². The summed E-state index contributed by atoms with van der Waals surface area (Å²) in [6.07, 6.45) is 0. The minimum Gasteiger partial charge on any atom is -0.507 e. The van der Waals surface area contributed by atoms with Crippen molar-refractivity contribution in [2.75, 3.05) is 24.3 Å². The largest absolute Gasteiger partial charge is 0.507 e. The molecule has 0 fully saturated rings. The SMILES string of the molecule is CN(C)c1ccc(C(Nc2ccc(C(=O)O)cc2)c2cc(Br)cc(C(=O)O)c2O)cc1. The number of anilines is 2. The molecule has 0 aliphatic heterocycles. The number of hydrogen-bond donors (Lipinski definition) is 4. The molecular formula is C23H21BrN2O5. The van der Waals surface area contributed by atoms with Crippen molar-refractivity contribution in [1.29, 1.82) is 0 Å². The Bertz CT molecular complexity index is 1110. The Kier molecular flexibility index (Phi) is 6.50. The van der Waals surface area contributed by atoms with Crippen molar-refractivity contribution in [2.24, 2.45) is 0 Å². The molecule has 0 amide bonds. The van der Waals surface area contributed by atoms with Gasteiger partial charge >= 0.3 is 11.9 Å². The number of nitrogens with one attached hydrogen (secondary N) is 1. The van der Waals surface area contributed by atoms with E-state index in [1.807, 2.05) is 43.3 Å². The van der Waals surface area contributed by atoms with Crippen LogP contribution in [0.1, 0.15) is 37.9 Å². The standard InChI is InChI=1S/C23H21BrN2O5/c1-26(2)17-9-5-13(6-10-17)20(25-16-7-3-14(4-8-16)22(28)29)18-11-15(24)12-19(21(18)27)23(30)31/h3-12,20,25,27H,1-2H3,(H,28,29)(H,30,31). The zero-order valence-electron chi connectivity index (χ0n) is 16.8. The zero-order chi connectivity index (χ0) is 22.7. The maximum absolute atomic E-state index is 11.6. The highest BCUT2D eigenvalue weighted by Crippen LogP contribution is 2.37. The molecule has 0 aliphatic carbocycles. The van der Waals surface area contributed by atoms with Crippen molar-refractivity contribution < 1.29 is 24.9 Å². The van der Waals surface area contributed by atoms with E-state index in [9.17, 15) is 19.8 Å². The predicted molar refractivity (Wildman–Crippen MR) is 122 cm³/mol. The molecular weight excluding hydrogens is 464 g/mol. The number of halogens is 1. The Morgan fingerprint density at radius 2 is 1.55 bits per heavy atom. The highest BCUT2D eigenvalue weighted by molar-refractivity contribution is 9.10. The Morgan fingerprint density at radius 3 is 2.06 bits per heavy atom. The first-order valence-electron chi connectivity index (χ1n) is 9.30. The second-order valence-corrected chi connectivity index (χ2v) is 8.06. The van der Waals surface area contributed by atoms with E-state index in [-0.39, 0.29) is 16.9 Å². The minimum atomic E-state index is -1.24. The lowest BCUT2D eigenvalue weighted by atomic mass is 9.95. The molecule has 0 saturated heterocycles. The summed E-state index contributed by atoms with van der Waals surface area (Å²) >= 11 is 3.32. The lowest BCUT2D eigenvalue weighted by molar-refractivity contribution is 0.0684. The van der Waals surface area contributed by atoms with E-state index in [2.05, 4.69) is 21.2 Å². The van der Waals surface area contributed by atoms with E-state index in [4.69, 9.17) is 5.11 Å². The van der Waals surface area contributed by atoms with Crippen molar-refractivity contribution in [1.82, 2.24) is 0 Å². The highest BCUT2D eigenvalue weighted by Gasteiger charge is 2.23. The summed E-state index contributed by atoms with van der Waals surface area (Å²) in [7, 11) is 3.85. The fourth-order valence-electron chi connectivity index (χ4n) is 3.18. The molecule has 3 rings (SSSR count). The predicted octanol–water partition coefficient (Wildman–Crippen LogP) is 4.82. The molecule has 0 saturated carbocycles. The van der Waals surface area contributed by atoms with Crippen LogP contribution >= 0.6 is 15.9 Å². The number of benzene rings is 3. The van der Waals surface area contributed by atoms with Gasteiger partial charge in [0.2, 0.25) is 0 Å². The Morgan fingerprint density at radius 1 is 0.935 bits per heavy atom. The zero-order valence-corrected chi connectivity index (χ0v) is 18.4. The van der Waals surface area contributed by atoms with Gasteiger partial charge < -0.3 is 25.5 Å². The van der Waals surface area contributed by atoms with Crippen molar-refractivity contribution >= 4 is 39.2 Å². The van der Waals surface area contributed by atoms with Crippen LogP contribution in [0, 0.1) is 0 Å². The van der Waals surface area contributed by atoms with E-state index in [1.54, 1.807) is 18.2 Å². The normalized spacial score (nSPS) is 11.6. The number of carbonyl (C=O) groups is 2. The summed E-state index contributed by atoms with van der Waals surface area (Å²) in [5.41, 5.74) is 2.68. The third-order valence-electron chi connectivity index (χ3n) is 4.83. The molecule has 1 unspecified atom stereocenters. The van der Waals surface area contributed by atoms with Gasteiger partial charge in [0.1, 0.15) is 11.3 Å². The van der Waals surface area contributed by atoms with Crippen LogP contribution in [-0.2, 0) is 0 Å². The molecule has 3 aromatic rings. The molecule has 0 heterocycles. The molecule has 0 spiro atoms. The van der Waals surface area contributed by atoms with E-state index in [0.29, 0.717) is 15.7 Å². The Hall–Kier alpha value is -3.52. The van der Waals surface area contributed by atoms with Crippen LogP contribution in [0.25, 0.3) is 0 Å². The van der Waals surface area contributed by atoms with Crippen LogP contribution in [0.15, 0.2) is 65.1 Å². The number of rotatable bonds is 7. The van der Waals surface area contributed by atoms with Crippen molar-refractivity contribution in [3.8, 4) is 5.75 Å². The molecule has 160 valence electrons. The highest BCUT2D eigenvalue weighted by atomic mass is 79.9. The number of hydrogen-bond acceptors (Lipinski definition) is 5. The summed E-state index contributed by atoms with van der Waals surface area (Å²) in [5.74, 6) is -2.61. The van der Waals surface area contributed by atoms with Gasteiger partial charge in [-0.2, -0.15) is 0 Å². The Balaban J connectivity index is 2.10. The fraction of sp³-hybridized carbons (Fsp3) is 0.130. The molecule has 31 heavy (non-hydrogen) atoms. The van der Waals surface area contributed by atoms with E-state index in [0.717, 1.165) is 11.3 Å². The molecule has 7 nitrogen and oxygen atoms in total. The van der Waals surface area contributed by atoms with Gasteiger partial charge in [0.25, 0.3) is 0 Å². The van der Waals surface area contributed by atoms with Crippen LogP contribution in [0.2, 0.25) is 0 Å². The number of carboxylic acids is 2. The summed E-state index contributed by atoms with van der Waals surface area (Å²) in [5, 5.41) is 32.6. The van der Waals surface area contributed by atoms with Gasteiger partial charge in [-0.15, -0.1) is 0 Å². The summed E-state index contributed by atoms with van der Waals surface area (Å²) < 4.78 is 0.510. The molecule has 0 bridgehead atoms. The summed E-state index contributed by atoms with van der Waals surface area (Å²) in [6.45, 7) is 0. The lowest BCUT2D eigenvalue weighted by Gasteiger charge is -2.24. The van der Waals surface area contributed by atoms with Crippen LogP contribution < -0.4 is 10.2 Å². The number of nitrogens with zero attached hydrogens (tertiary/aromatic N) is 1. The van der Waals surface area contributed by atoms with Crippen LogP contribution in [-0.4, -0.2) is 41.4 Å². The maximum atomic E-state index is 11.6. The monoisotopic (exact) mass is 484 g/mol. The number of aromatic carboxylic acids is 2.